The molecular weight excluding hydrogens is 256 g/mol. The molecule has 0 saturated heterocycles. The van der Waals surface area contributed by atoms with Crippen molar-refractivity contribution in [1.29, 1.82) is 0 Å². The van der Waals surface area contributed by atoms with E-state index in [1.54, 1.807) is 16.2 Å². The molecule has 1 heterocycles. The lowest BCUT2D eigenvalue weighted by Crippen LogP contribution is -2.36. The number of carbonyl (C=O) groups excluding carboxylic acids is 1. The van der Waals surface area contributed by atoms with Crippen molar-refractivity contribution in [1.82, 2.24) is 4.90 Å². The SMILES string of the molecule is CN(CCc1cccs1)C(=O)CC(N)CC(C)(C)C. The van der Waals surface area contributed by atoms with Gasteiger partial charge in [-0.25, -0.2) is 0 Å². The molecule has 0 spiro atoms. The fraction of sp³-hybridized carbons (Fsp3) is 0.667. The maximum atomic E-state index is 12.0. The van der Waals surface area contributed by atoms with Crippen molar-refractivity contribution in [3.8, 4) is 0 Å². The van der Waals surface area contributed by atoms with Gasteiger partial charge in [0.1, 0.15) is 0 Å². The highest BCUT2D eigenvalue weighted by Crippen LogP contribution is 2.21. The Morgan fingerprint density at radius 3 is 2.68 bits per heavy atom. The van der Waals surface area contributed by atoms with E-state index >= 15 is 0 Å². The highest BCUT2D eigenvalue weighted by atomic mass is 32.1. The summed E-state index contributed by atoms with van der Waals surface area (Å²) in [6.45, 7) is 7.22. The van der Waals surface area contributed by atoms with E-state index in [-0.39, 0.29) is 17.4 Å². The van der Waals surface area contributed by atoms with Crippen molar-refractivity contribution in [3.05, 3.63) is 22.4 Å². The van der Waals surface area contributed by atoms with Crippen LogP contribution in [0.25, 0.3) is 0 Å². The summed E-state index contributed by atoms with van der Waals surface area (Å²) in [4.78, 5) is 15.2. The molecule has 1 aromatic rings. The second kappa shape index (κ2) is 7.06. The van der Waals surface area contributed by atoms with E-state index in [9.17, 15) is 4.79 Å². The monoisotopic (exact) mass is 282 g/mol. The molecule has 3 nitrogen and oxygen atoms in total. The first kappa shape index (κ1) is 16.2. The zero-order valence-electron chi connectivity index (χ0n) is 12.5. The maximum absolute atomic E-state index is 12.0. The number of hydrogen-bond acceptors (Lipinski definition) is 3. The molecular formula is C15H26N2OS. The number of carbonyl (C=O) groups is 1. The molecule has 4 heteroatoms. The average molecular weight is 282 g/mol. The van der Waals surface area contributed by atoms with Crippen molar-refractivity contribution in [2.45, 2.75) is 46.1 Å². The molecule has 1 aromatic heterocycles. The number of nitrogens with two attached hydrogens (primary N) is 1. The average Bonchev–Trinajstić information content (AvgIpc) is 2.75. The second-order valence-corrected chi connectivity index (χ2v) is 7.41. The number of hydrogen-bond donors (Lipinski definition) is 1. The normalized spacial score (nSPS) is 13.3. The summed E-state index contributed by atoms with van der Waals surface area (Å²) in [7, 11) is 1.86. The van der Waals surface area contributed by atoms with Crippen LogP contribution in [0.15, 0.2) is 17.5 Å². The molecule has 19 heavy (non-hydrogen) atoms. The maximum Gasteiger partial charge on any atom is 0.223 e. The first-order chi connectivity index (χ1) is 8.78. The molecule has 1 atom stereocenters. The number of thiophene rings is 1. The van der Waals surface area contributed by atoms with Crippen LogP contribution in [0.2, 0.25) is 0 Å². The van der Waals surface area contributed by atoms with Crippen molar-refractivity contribution >= 4 is 17.2 Å². The Balaban J connectivity index is 2.32. The van der Waals surface area contributed by atoms with Crippen LogP contribution >= 0.6 is 11.3 Å². The third-order valence-corrected chi connectivity index (χ3v) is 3.95. The van der Waals surface area contributed by atoms with Crippen LogP contribution in [0, 0.1) is 5.41 Å². The molecule has 1 unspecified atom stereocenters. The van der Waals surface area contributed by atoms with Gasteiger partial charge in [0.2, 0.25) is 5.91 Å². The lowest BCUT2D eigenvalue weighted by atomic mass is 9.87. The molecule has 0 fully saturated rings. The van der Waals surface area contributed by atoms with E-state index in [0.717, 1.165) is 19.4 Å². The van der Waals surface area contributed by atoms with E-state index in [0.29, 0.717) is 6.42 Å². The summed E-state index contributed by atoms with van der Waals surface area (Å²) in [6.07, 6.45) is 2.24. The van der Waals surface area contributed by atoms with Crippen LogP contribution in [0.4, 0.5) is 0 Å². The lowest BCUT2D eigenvalue weighted by Gasteiger charge is -2.24. The van der Waals surface area contributed by atoms with Gasteiger partial charge in [0, 0.05) is 30.9 Å². The molecule has 0 radical (unpaired) electrons. The van der Waals surface area contributed by atoms with Gasteiger partial charge >= 0.3 is 0 Å². The number of nitrogens with zero attached hydrogens (tertiary/aromatic N) is 1. The zero-order valence-corrected chi connectivity index (χ0v) is 13.3. The minimum atomic E-state index is -0.0447. The van der Waals surface area contributed by atoms with Crippen LogP contribution < -0.4 is 5.73 Å². The number of likely N-dealkylation sites (N-methyl/N-ethyl adjacent to an activating group) is 1. The van der Waals surface area contributed by atoms with Crippen molar-refractivity contribution < 1.29 is 4.79 Å². The predicted molar refractivity (Wildman–Crippen MR) is 82.3 cm³/mol. The third-order valence-electron chi connectivity index (χ3n) is 3.01. The molecule has 0 aromatic carbocycles. The Hall–Kier alpha value is -0.870. The van der Waals surface area contributed by atoms with Gasteiger partial charge in [0.15, 0.2) is 0 Å². The summed E-state index contributed by atoms with van der Waals surface area (Å²) < 4.78 is 0. The highest BCUT2D eigenvalue weighted by molar-refractivity contribution is 7.09. The standard InChI is InChI=1S/C15H26N2OS/c1-15(2,3)11-12(16)10-14(18)17(4)8-7-13-6-5-9-19-13/h5-6,9,12H,7-8,10-11,16H2,1-4H3. The second-order valence-electron chi connectivity index (χ2n) is 6.37. The highest BCUT2D eigenvalue weighted by Gasteiger charge is 2.19. The summed E-state index contributed by atoms with van der Waals surface area (Å²) in [5.74, 6) is 0.147. The summed E-state index contributed by atoms with van der Waals surface area (Å²) in [6, 6.07) is 4.10. The van der Waals surface area contributed by atoms with Gasteiger partial charge in [0.25, 0.3) is 0 Å². The molecule has 0 aliphatic carbocycles. The summed E-state index contributed by atoms with van der Waals surface area (Å²) >= 11 is 1.74. The van der Waals surface area contributed by atoms with Gasteiger partial charge in [0.05, 0.1) is 0 Å². The zero-order chi connectivity index (χ0) is 14.5. The first-order valence-corrected chi connectivity index (χ1v) is 7.68. The largest absolute Gasteiger partial charge is 0.345 e. The summed E-state index contributed by atoms with van der Waals surface area (Å²) in [5.41, 5.74) is 6.22. The fourth-order valence-corrected chi connectivity index (χ4v) is 2.79. The van der Waals surface area contributed by atoms with Crippen LogP contribution in [-0.4, -0.2) is 30.4 Å². The van der Waals surface area contributed by atoms with Gasteiger partial charge in [-0.2, -0.15) is 0 Å². The number of rotatable bonds is 6. The Morgan fingerprint density at radius 1 is 1.47 bits per heavy atom. The molecule has 1 amide bonds. The van der Waals surface area contributed by atoms with Crippen molar-refractivity contribution in [2.75, 3.05) is 13.6 Å². The lowest BCUT2D eigenvalue weighted by molar-refractivity contribution is -0.130. The Morgan fingerprint density at radius 2 is 2.16 bits per heavy atom. The Bertz CT molecular complexity index is 381. The van der Waals surface area contributed by atoms with Crippen molar-refractivity contribution in [2.24, 2.45) is 11.1 Å². The molecule has 0 aliphatic heterocycles. The molecule has 0 saturated carbocycles. The minimum absolute atomic E-state index is 0.0447. The molecule has 0 bridgehead atoms. The quantitative estimate of drug-likeness (QED) is 0.872. The Kier molecular flexibility index (Phi) is 6.01. The Labute approximate surface area is 120 Å². The minimum Gasteiger partial charge on any atom is -0.345 e. The van der Waals surface area contributed by atoms with Crippen LogP contribution in [0.5, 0.6) is 0 Å². The van der Waals surface area contributed by atoms with Gasteiger partial charge in [-0.1, -0.05) is 26.8 Å². The number of amides is 1. The van der Waals surface area contributed by atoms with E-state index in [2.05, 4.69) is 32.2 Å². The van der Waals surface area contributed by atoms with Crippen LogP contribution in [-0.2, 0) is 11.2 Å². The topological polar surface area (TPSA) is 46.3 Å². The molecule has 0 aliphatic rings. The smallest absolute Gasteiger partial charge is 0.223 e. The van der Waals surface area contributed by atoms with Gasteiger partial charge in [-0.15, -0.1) is 11.3 Å². The van der Waals surface area contributed by atoms with Crippen LogP contribution in [0.3, 0.4) is 0 Å². The molecule has 2 N–H and O–H groups in total. The predicted octanol–water partition coefficient (Wildman–Crippen LogP) is 2.90. The van der Waals surface area contributed by atoms with E-state index in [1.807, 2.05) is 13.1 Å². The van der Waals surface area contributed by atoms with Crippen molar-refractivity contribution in [3.63, 3.8) is 0 Å². The first-order valence-electron chi connectivity index (χ1n) is 6.80. The van der Waals surface area contributed by atoms with Gasteiger partial charge < -0.3 is 10.6 Å². The fourth-order valence-electron chi connectivity index (χ4n) is 2.10. The van der Waals surface area contributed by atoms with Gasteiger partial charge in [-0.05, 0) is 29.7 Å². The third kappa shape index (κ3) is 6.73. The van der Waals surface area contributed by atoms with E-state index in [4.69, 9.17) is 5.73 Å². The van der Waals surface area contributed by atoms with E-state index in [1.165, 1.54) is 4.88 Å². The van der Waals surface area contributed by atoms with Gasteiger partial charge in [-0.3, -0.25) is 4.79 Å². The summed E-state index contributed by atoms with van der Waals surface area (Å²) in [5, 5.41) is 2.07. The van der Waals surface area contributed by atoms with Crippen LogP contribution in [0.1, 0.15) is 38.5 Å². The molecule has 1 rings (SSSR count). The van der Waals surface area contributed by atoms with E-state index < -0.39 is 0 Å². The molecule has 108 valence electrons.